The SMILES string of the molecule is O=C(CCC(=O)C(CC(=O)c1ccccc1)C(=O)O)c1ccccc1.O=C(O)c1c(O)cc2c(O)cccc2c1C(=O)c1cc2cccc(O)c2cc1O. The molecule has 0 aliphatic rings. The van der Waals surface area contributed by atoms with Crippen LogP contribution in [-0.2, 0) is 9.59 Å². The molecule has 1 unspecified atom stereocenters. The Morgan fingerprint density at radius 1 is 0.500 bits per heavy atom. The predicted molar refractivity (Wildman–Crippen MR) is 196 cm³/mol. The number of carbonyl (C=O) groups excluding carboxylic acids is 4. The maximum Gasteiger partial charge on any atom is 0.340 e. The molecule has 6 rings (SSSR count). The van der Waals surface area contributed by atoms with Gasteiger partial charge in [0.25, 0.3) is 0 Å². The molecule has 6 aromatic rings. The molecular weight excluding hydrogens is 696 g/mol. The summed E-state index contributed by atoms with van der Waals surface area (Å²) in [6, 6.07) is 29.2. The maximum atomic E-state index is 13.3. The van der Waals surface area contributed by atoms with Crippen molar-refractivity contribution in [2.75, 3.05) is 0 Å². The molecule has 0 heterocycles. The number of hydrogen-bond donors (Lipinski definition) is 6. The molecule has 1 atom stereocenters. The van der Waals surface area contributed by atoms with E-state index in [9.17, 15) is 59.4 Å². The minimum Gasteiger partial charge on any atom is -0.507 e. The number of carboxylic acids is 2. The average Bonchev–Trinajstić information content (AvgIpc) is 3.16. The molecule has 54 heavy (non-hydrogen) atoms. The number of aromatic hydroxyl groups is 4. The Labute approximate surface area is 306 Å². The van der Waals surface area contributed by atoms with Gasteiger partial charge in [0, 0.05) is 46.7 Å². The zero-order valence-corrected chi connectivity index (χ0v) is 28.3. The van der Waals surface area contributed by atoms with E-state index in [0.717, 1.165) is 6.07 Å². The van der Waals surface area contributed by atoms with E-state index in [0.29, 0.717) is 21.9 Å². The van der Waals surface area contributed by atoms with Gasteiger partial charge < -0.3 is 30.6 Å². The van der Waals surface area contributed by atoms with Gasteiger partial charge in [-0.1, -0.05) is 84.9 Å². The predicted octanol–water partition coefficient (Wildman–Crippen LogP) is 6.94. The van der Waals surface area contributed by atoms with Crippen molar-refractivity contribution in [2.24, 2.45) is 5.92 Å². The van der Waals surface area contributed by atoms with Crippen LogP contribution in [-0.4, -0.2) is 65.7 Å². The van der Waals surface area contributed by atoms with E-state index in [1.165, 1.54) is 36.4 Å². The summed E-state index contributed by atoms with van der Waals surface area (Å²) in [5.74, 6) is -7.88. The molecule has 0 radical (unpaired) electrons. The quantitative estimate of drug-likeness (QED) is 0.0557. The lowest BCUT2D eigenvalue weighted by Gasteiger charge is -2.14. The zero-order valence-electron chi connectivity index (χ0n) is 28.3. The van der Waals surface area contributed by atoms with Crippen LogP contribution in [0.15, 0.2) is 115 Å². The van der Waals surface area contributed by atoms with E-state index in [-0.39, 0.29) is 52.0 Å². The van der Waals surface area contributed by atoms with Crippen molar-refractivity contribution in [1.82, 2.24) is 0 Å². The van der Waals surface area contributed by atoms with Gasteiger partial charge in [0.05, 0.1) is 5.56 Å². The van der Waals surface area contributed by atoms with Crippen molar-refractivity contribution in [3.63, 3.8) is 0 Å². The van der Waals surface area contributed by atoms with Crippen LogP contribution in [0.25, 0.3) is 21.5 Å². The van der Waals surface area contributed by atoms with Crippen molar-refractivity contribution >= 4 is 56.6 Å². The van der Waals surface area contributed by atoms with Crippen molar-refractivity contribution in [3.8, 4) is 23.0 Å². The topological polar surface area (TPSA) is 224 Å². The summed E-state index contributed by atoms with van der Waals surface area (Å²) in [5.41, 5.74) is -0.369. The number of Topliss-reactive ketones (excluding diaryl/α,β-unsaturated/α-hetero) is 3. The molecule has 12 nitrogen and oxygen atoms in total. The molecule has 0 amide bonds. The van der Waals surface area contributed by atoms with Gasteiger partial charge in [0.2, 0.25) is 0 Å². The van der Waals surface area contributed by atoms with Crippen LogP contribution in [0.4, 0.5) is 0 Å². The van der Waals surface area contributed by atoms with Crippen molar-refractivity contribution in [3.05, 3.63) is 143 Å². The van der Waals surface area contributed by atoms with Crippen LogP contribution in [0.5, 0.6) is 23.0 Å². The first-order valence-electron chi connectivity index (χ1n) is 16.4. The molecule has 0 saturated heterocycles. The minimum atomic E-state index is -1.53. The van der Waals surface area contributed by atoms with E-state index < -0.39 is 58.7 Å². The minimum absolute atomic E-state index is 0.0772. The highest BCUT2D eigenvalue weighted by Gasteiger charge is 2.30. The van der Waals surface area contributed by atoms with Crippen LogP contribution in [0.1, 0.15) is 66.3 Å². The Bertz CT molecular complexity index is 2440. The Kier molecular flexibility index (Phi) is 11.5. The highest BCUT2D eigenvalue weighted by molar-refractivity contribution is 6.24. The number of fused-ring (bicyclic) bond motifs is 2. The molecule has 0 aliphatic carbocycles. The molecule has 0 aliphatic heterocycles. The molecular formula is C42H32O12. The van der Waals surface area contributed by atoms with Crippen LogP contribution < -0.4 is 0 Å². The number of benzene rings is 6. The second-order valence-electron chi connectivity index (χ2n) is 12.2. The summed E-state index contributed by atoms with van der Waals surface area (Å²) >= 11 is 0. The molecule has 0 saturated carbocycles. The van der Waals surface area contributed by atoms with Gasteiger partial charge in [-0.15, -0.1) is 0 Å². The zero-order chi connectivity index (χ0) is 39.1. The fourth-order valence-corrected chi connectivity index (χ4v) is 5.91. The maximum absolute atomic E-state index is 13.3. The van der Waals surface area contributed by atoms with Crippen molar-refractivity contribution in [1.29, 1.82) is 0 Å². The smallest absolute Gasteiger partial charge is 0.340 e. The van der Waals surface area contributed by atoms with Crippen LogP contribution >= 0.6 is 0 Å². The summed E-state index contributed by atoms with van der Waals surface area (Å²) in [6.45, 7) is 0. The molecule has 6 N–H and O–H groups in total. The number of carboxylic acid groups (broad SMARTS) is 2. The highest BCUT2D eigenvalue weighted by Crippen LogP contribution is 2.38. The van der Waals surface area contributed by atoms with Gasteiger partial charge in [0.15, 0.2) is 17.3 Å². The fraction of sp³-hybridized carbons (Fsp3) is 0.0952. The number of hydrogen-bond acceptors (Lipinski definition) is 10. The molecule has 0 spiro atoms. The number of aromatic carboxylic acids is 1. The second kappa shape index (κ2) is 16.3. The molecule has 0 bridgehead atoms. The molecule has 272 valence electrons. The van der Waals surface area contributed by atoms with Gasteiger partial charge in [-0.05, 0) is 41.1 Å². The van der Waals surface area contributed by atoms with E-state index in [4.69, 9.17) is 0 Å². The third-order valence-electron chi connectivity index (χ3n) is 8.67. The molecule has 0 aromatic heterocycles. The number of phenols is 4. The van der Waals surface area contributed by atoms with Gasteiger partial charge in [-0.25, -0.2) is 4.79 Å². The largest absolute Gasteiger partial charge is 0.507 e. The molecule has 6 aromatic carbocycles. The average molecular weight is 729 g/mol. The molecule has 12 heteroatoms. The van der Waals surface area contributed by atoms with Crippen LogP contribution in [0.3, 0.4) is 0 Å². The first kappa shape index (κ1) is 37.9. The molecule has 0 fully saturated rings. The number of phenolic OH excluding ortho intramolecular Hbond substituents is 3. The Morgan fingerprint density at radius 3 is 1.65 bits per heavy atom. The lowest BCUT2D eigenvalue weighted by molar-refractivity contribution is -0.146. The summed E-state index contributed by atoms with van der Waals surface area (Å²) < 4.78 is 0. The monoisotopic (exact) mass is 728 g/mol. The standard InChI is InChI=1S/C22H14O7.C20H18O5/c23-15-5-1-3-10-7-14(17(25)8-12(10)15)21(27)19-11-4-2-6-16(24)13(11)9-18(26)20(19)22(28)29;21-17(14-7-3-1-4-8-14)11-12-18(22)16(20(24)25)13-19(23)15-9-5-2-6-10-15/h1-9,23-26H,(H,28,29);1-10,16H,11-13H2,(H,24,25). The number of carbonyl (C=O) groups is 6. The van der Waals surface area contributed by atoms with Gasteiger partial charge in [-0.2, -0.15) is 0 Å². The van der Waals surface area contributed by atoms with Crippen LogP contribution in [0, 0.1) is 5.92 Å². The number of rotatable bonds is 12. The normalized spacial score (nSPS) is 11.3. The summed E-state index contributed by atoms with van der Waals surface area (Å²) in [7, 11) is 0. The summed E-state index contributed by atoms with van der Waals surface area (Å²) in [6.07, 6.45) is -0.684. The van der Waals surface area contributed by atoms with Crippen molar-refractivity contribution in [2.45, 2.75) is 19.3 Å². The van der Waals surface area contributed by atoms with E-state index in [1.54, 1.807) is 72.8 Å². The first-order valence-corrected chi connectivity index (χ1v) is 16.4. The van der Waals surface area contributed by atoms with E-state index in [1.807, 2.05) is 0 Å². The number of ketones is 4. The van der Waals surface area contributed by atoms with Gasteiger partial charge in [-0.3, -0.25) is 24.0 Å². The van der Waals surface area contributed by atoms with Crippen LogP contribution in [0.2, 0.25) is 0 Å². The van der Waals surface area contributed by atoms with E-state index in [2.05, 4.69) is 0 Å². The first-order chi connectivity index (χ1) is 25.8. The Morgan fingerprint density at radius 2 is 1.06 bits per heavy atom. The third kappa shape index (κ3) is 8.24. The van der Waals surface area contributed by atoms with Gasteiger partial charge >= 0.3 is 11.9 Å². The van der Waals surface area contributed by atoms with Gasteiger partial charge in [0.1, 0.15) is 40.3 Å². The van der Waals surface area contributed by atoms with E-state index >= 15 is 0 Å². The Hall–Kier alpha value is -7.34. The number of aliphatic carboxylic acids is 1. The second-order valence-corrected chi connectivity index (χ2v) is 12.2. The summed E-state index contributed by atoms with van der Waals surface area (Å²) in [5, 5.41) is 60.5. The lowest BCUT2D eigenvalue weighted by atomic mass is 9.90. The van der Waals surface area contributed by atoms with Crippen molar-refractivity contribution < 1.29 is 59.4 Å². The third-order valence-corrected chi connectivity index (χ3v) is 8.67. The summed E-state index contributed by atoms with van der Waals surface area (Å²) in [4.78, 5) is 72.8. The Balaban J connectivity index is 0.000000210. The fourth-order valence-electron chi connectivity index (χ4n) is 5.91. The highest BCUT2D eigenvalue weighted by atomic mass is 16.4. The lowest BCUT2D eigenvalue weighted by Crippen LogP contribution is -2.27.